The summed E-state index contributed by atoms with van der Waals surface area (Å²) in [4.78, 5) is 11.4. The quantitative estimate of drug-likeness (QED) is 0.0456. The van der Waals surface area contributed by atoms with E-state index in [2.05, 4.69) is 40.8 Å². The third kappa shape index (κ3) is 6.66. The molecule has 0 saturated carbocycles. The number of halogens is 4. The minimum absolute atomic E-state index is 0.0227. The van der Waals surface area contributed by atoms with Gasteiger partial charge in [-0.2, -0.15) is 44.4 Å². The van der Waals surface area contributed by atoms with Crippen LogP contribution < -0.4 is 10.6 Å². The number of nitrogens with one attached hydrogen (secondary N) is 2. The van der Waals surface area contributed by atoms with E-state index in [4.69, 9.17) is 0 Å². The van der Waals surface area contributed by atoms with Gasteiger partial charge in [-0.3, -0.25) is 9.11 Å². The highest BCUT2D eigenvalue weighted by Gasteiger charge is 2.22. The number of rotatable bonds is 8. The van der Waals surface area contributed by atoms with Crippen molar-refractivity contribution in [3.05, 3.63) is 78.1 Å². The average Bonchev–Trinajstić information content (AvgIpc) is 2.93. The van der Waals surface area contributed by atoms with Crippen molar-refractivity contribution >= 4 is 65.4 Å². The summed E-state index contributed by atoms with van der Waals surface area (Å²) in [6.45, 7) is 1.39. The fourth-order valence-corrected chi connectivity index (χ4v) is 5.30. The normalized spacial score (nSPS) is 12.2. The molecule has 3 aromatic carbocycles. The van der Waals surface area contributed by atoms with Crippen LogP contribution in [0, 0.1) is 30.7 Å². The number of fused-ring (bicyclic) bond motifs is 1. The van der Waals surface area contributed by atoms with Gasteiger partial charge < -0.3 is 15.7 Å². The number of aryl methyl sites for hydroxylation is 1. The Morgan fingerprint density at radius 1 is 0.848 bits per heavy atom. The van der Waals surface area contributed by atoms with E-state index in [1.807, 2.05) is 0 Å². The monoisotopic (exact) mass is 680 g/mol. The summed E-state index contributed by atoms with van der Waals surface area (Å²) >= 11 is 0. The molecule has 0 atom stereocenters. The van der Waals surface area contributed by atoms with Crippen molar-refractivity contribution in [2.45, 2.75) is 16.7 Å². The lowest BCUT2D eigenvalue weighted by Gasteiger charge is -2.15. The van der Waals surface area contributed by atoms with Gasteiger partial charge in [0.05, 0.1) is 10.6 Å². The van der Waals surface area contributed by atoms with E-state index in [1.165, 1.54) is 13.0 Å². The molecule has 0 spiro atoms. The highest BCUT2D eigenvalue weighted by atomic mass is 32.2. The molecule has 15 nitrogen and oxygen atoms in total. The van der Waals surface area contributed by atoms with E-state index < -0.39 is 76.9 Å². The van der Waals surface area contributed by atoms with Gasteiger partial charge in [-0.1, -0.05) is 0 Å². The van der Waals surface area contributed by atoms with Gasteiger partial charge in [-0.05, 0) is 54.3 Å². The van der Waals surface area contributed by atoms with E-state index in [0.717, 1.165) is 36.7 Å². The molecule has 0 aliphatic heterocycles. The Hall–Kier alpha value is -5.38. The molecule has 5 rings (SSSR count). The molecule has 0 fully saturated rings. The Balaban J connectivity index is 1.66. The Morgan fingerprint density at radius 3 is 2.26 bits per heavy atom. The van der Waals surface area contributed by atoms with E-state index in [0.29, 0.717) is 6.07 Å². The predicted molar refractivity (Wildman–Crippen MR) is 151 cm³/mol. The number of azo groups is 1. The van der Waals surface area contributed by atoms with Gasteiger partial charge in [0.15, 0.2) is 11.6 Å². The second-order valence-electron chi connectivity index (χ2n) is 9.21. The second-order valence-corrected chi connectivity index (χ2v) is 12.0. The van der Waals surface area contributed by atoms with Gasteiger partial charge >= 0.3 is 6.08 Å². The summed E-state index contributed by atoms with van der Waals surface area (Å²) in [6.07, 6.45) is -0.759. The van der Waals surface area contributed by atoms with E-state index >= 15 is 0 Å². The van der Waals surface area contributed by atoms with Crippen LogP contribution in [0.3, 0.4) is 0 Å². The van der Waals surface area contributed by atoms with Crippen LogP contribution in [0.1, 0.15) is 5.56 Å². The van der Waals surface area contributed by atoms with Gasteiger partial charge in [0.25, 0.3) is 26.2 Å². The smallest absolute Gasteiger partial charge is 0.313 e. The standard InChI is InChI=1S/C25H16F4N8O7S2/c1-10-4-11-5-13(45(39,40)41)7-15(33-18-8-17(26)34-25(29)35-18)19(11)22(38)21(10)37-36-14-6-12(2-3-16(14)46(42,43)44)32-24-20(27)23(28)30-9-31-24/h2-9,38H,1H3,(H,30,31,32)(H,33,34,35)(H,39,40,41)(H,42,43,44). The molecule has 2 aromatic heterocycles. The zero-order chi connectivity index (χ0) is 33.6. The van der Waals surface area contributed by atoms with Crippen molar-refractivity contribution in [3.8, 4) is 5.75 Å². The van der Waals surface area contributed by atoms with Gasteiger partial charge in [0, 0.05) is 17.1 Å². The lowest BCUT2D eigenvalue weighted by atomic mass is 10.0. The molecule has 0 saturated heterocycles. The fourth-order valence-electron chi connectivity index (χ4n) is 4.16. The molecule has 238 valence electrons. The molecule has 0 unspecified atom stereocenters. The lowest BCUT2D eigenvalue weighted by molar-refractivity contribution is 0.476. The Morgan fingerprint density at radius 2 is 1.59 bits per heavy atom. The van der Waals surface area contributed by atoms with Crippen LogP contribution in [0.5, 0.6) is 5.75 Å². The molecular weight excluding hydrogens is 664 g/mol. The maximum Gasteiger partial charge on any atom is 0.313 e. The van der Waals surface area contributed by atoms with Crippen molar-refractivity contribution in [2.24, 2.45) is 10.2 Å². The first kappa shape index (κ1) is 32.0. The molecule has 46 heavy (non-hydrogen) atoms. The molecule has 0 bridgehead atoms. The molecular formula is C25H16F4N8O7S2. The van der Waals surface area contributed by atoms with E-state index in [-0.39, 0.29) is 33.4 Å². The third-order valence-corrected chi connectivity index (χ3v) is 7.81. The first-order valence-corrected chi connectivity index (χ1v) is 15.1. The highest BCUT2D eigenvalue weighted by molar-refractivity contribution is 7.86. The van der Waals surface area contributed by atoms with Crippen LogP contribution in [0.15, 0.2) is 68.8 Å². The minimum atomic E-state index is -4.93. The molecule has 5 N–H and O–H groups in total. The Labute approximate surface area is 255 Å². The van der Waals surface area contributed by atoms with Gasteiger partial charge in [-0.25, -0.2) is 9.97 Å². The summed E-state index contributed by atoms with van der Waals surface area (Å²) in [5.74, 6) is -6.05. The second kappa shape index (κ2) is 11.8. The summed E-state index contributed by atoms with van der Waals surface area (Å²) in [6, 6.07) is 6.66. The van der Waals surface area contributed by atoms with Gasteiger partial charge in [0.2, 0.25) is 11.8 Å². The van der Waals surface area contributed by atoms with Crippen molar-refractivity contribution in [3.63, 3.8) is 0 Å². The Kier molecular flexibility index (Phi) is 8.25. The number of anilines is 4. The first-order chi connectivity index (χ1) is 21.5. The maximum atomic E-state index is 14.1. The number of aromatic nitrogens is 4. The Bertz CT molecular complexity index is 2290. The fraction of sp³-hybridized carbons (Fsp3) is 0.0400. The average molecular weight is 681 g/mol. The molecule has 0 amide bonds. The van der Waals surface area contributed by atoms with E-state index in [9.17, 15) is 48.6 Å². The van der Waals surface area contributed by atoms with Crippen LogP contribution >= 0.6 is 0 Å². The van der Waals surface area contributed by atoms with Crippen molar-refractivity contribution < 1.29 is 48.6 Å². The molecule has 0 aliphatic rings. The zero-order valence-electron chi connectivity index (χ0n) is 22.6. The summed E-state index contributed by atoms with van der Waals surface area (Å²) < 4.78 is 122. The number of phenolic OH excluding ortho intramolecular Hbond substituents is 1. The number of benzene rings is 3. The summed E-state index contributed by atoms with van der Waals surface area (Å²) in [5, 5.41) is 23.6. The number of nitrogens with zero attached hydrogens (tertiary/aromatic N) is 6. The summed E-state index contributed by atoms with van der Waals surface area (Å²) in [7, 11) is -9.77. The van der Waals surface area contributed by atoms with Crippen LogP contribution in [0.2, 0.25) is 0 Å². The first-order valence-electron chi connectivity index (χ1n) is 12.2. The van der Waals surface area contributed by atoms with Crippen molar-refractivity contribution in [2.75, 3.05) is 10.6 Å². The van der Waals surface area contributed by atoms with E-state index in [1.54, 1.807) is 0 Å². The van der Waals surface area contributed by atoms with Crippen LogP contribution in [-0.4, -0.2) is 51.0 Å². The molecule has 2 heterocycles. The SMILES string of the molecule is Cc1cc2cc(S(=O)(=O)O)cc(Nc3cc(F)nc(F)n3)c2c(O)c1N=Nc1cc(Nc2ncnc(F)c2F)ccc1S(=O)(=O)O. The van der Waals surface area contributed by atoms with Crippen molar-refractivity contribution in [1.29, 1.82) is 0 Å². The zero-order valence-corrected chi connectivity index (χ0v) is 24.2. The molecule has 21 heteroatoms. The van der Waals surface area contributed by atoms with Crippen LogP contribution in [0.4, 0.5) is 51.9 Å². The molecule has 0 aliphatic carbocycles. The topological polar surface area (TPSA) is 229 Å². The maximum absolute atomic E-state index is 14.1. The highest BCUT2D eigenvalue weighted by Crippen LogP contribution is 2.44. The molecule has 0 radical (unpaired) electrons. The predicted octanol–water partition coefficient (Wildman–Crippen LogP) is 5.39. The lowest BCUT2D eigenvalue weighted by Crippen LogP contribution is -2.03. The van der Waals surface area contributed by atoms with Crippen LogP contribution in [0.25, 0.3) is 10.8 Å². The number of hydrogen-bond donors (Lipinski definition) is 5. The summed E-state index contributed by atoms with van der Waals surface area (Å²) in [5.41, 5.74) is -1.19. The van der Waals surface area contributed by atoms with Crippen LogP contribution in [-0.2, 0) is 20.2 Å². The van der Waals surface area contributed by atoms with Crippen molar-refractivity contribution in [1.82, 2.24) is 19.9 Å². The van der Waals surface area contributed by atoms with Gasteiger partial charge in [-0.15, -0.1) is 10.2 Å². The number of hydrogen-bond acceptors (Lipinski definition) is 13. The largest absolute Gasteiger partial charge is 0.505 e. The third-order valence-electron chi connectivity index (χ3n) is 6.08. The molecule has 5 aromatic rings. The number of aromatic hydroxyl groups is 1. The van der Waals surface area contributed by atoms with Gasteiger partial charge in [0.1, 0.15) is 28.4 Å². The number of phenols is 1. The minimum Gasteiger partial charge on any atom is -0.505 e.